The maximum atomic E-state index is 11.5. The van der Waals surface area contributed by atoms with E-state index in [0.29, 0.717) is 13.1 Å². The highest BCUT2D eigenvalue weighted by atomic mass is 35.5. The van der Waals surface area contributed by atoms with Crippen LogP contribution < -0.4 is 11.1 Å². The van der Waals surface area contributed by atoms with Gasteiger partial charge in [-0.15, -0.1) is 12.4 Å². The van der Waals surface area contributed by atoms with Crippen molar-refractivity contribution in [3.63, 3.8) is 0 Å². The van der Waals surface area contributed by atoms with Gasteiger partial charge in [-0.3, -0.25) is 0 Å². The summed E-state index contributed by atoms with van der Waals surface area (Å²) in [6, 6.07) is 9.29. The first-order valence-corrected chi connectivity index (χ1v) is 5.68. The van der Waals surface area contributed by atoms with Crippen LogP contribution in [0.1, 0.15) is 10.5 Å². The minimum atomic E-state index is -0.448. The van der Waals surface area contributed by atoms with Gasteiger partial charge >= 0.3 is 5.97 Å². The van der Waals surface area contributed by atoms with Crippen molar-refractivity contribution in [3.05, 3.63) is 36.0 Å². The highest BCUT2D eigenvalue weighted by molar-refractivity contribution is 5.97. The van der Waals surface area contributed by atoms with Gasteiger partial charge in [0.25, 0.3) is 0 Å². The van der Waals surface area contributed by atoms with E-state index in [9.17, 15) is 4.79 Å². The number of anilines is 1. The number of hydrogen-bond acceptors (Lipinski definition) is 5. The molecule has 0 amide bonds. The SMILES string of the molecule is COC(=O)c1cc(NCCN)c2ccccc2n1.Cl. The van der Waals surface area contributed by atoms with Gasteiger partial charge in [0, 0.05) is 24.2 Å². The summed E-state index contributed by atoms with van der Waals surface area (Å²) in [6.45, 7) is 1.15. The Kier molecular flexibility index (Phi) is 5.54. The lowest BCUT2D eigenvalue weighted by Crippen LogP contribution is -2.14. The molecule has 19 heavy (non-hydrogen) atoms. The fourth-order valence-electron chi connectivity index (χ4n) is 1.74. The Morgan fingerprint density at radius 1 is 1.42 bits per heavy atom. The monoisotopic (exact) mass is 281 g/mol. The molecule has 0 radical (unpaired) electrons. The van der Waals surface area contributed by atoms with Gasteiger partial charge in [-0.2, -0.15) is 0 Å². The van der Waals surface area contributed by atoms with Gasteiger partial charge in [0.15, 0.2) is 5.69 Å². The summed E-state index contributed by atoms with van der Waals surface area (Å²) >= 11 is 0. The van der Waals surface area contributed by atoms with Crippen LogP contribution in [0.3, 0.4) is 0 Å². The number of nitrogens with two attached hydrogens (primary N) is 1. The number of para-hydroxylation sites is 1. The van der Waals surface area contributed by atoms with Gasteiger partial charge in [-0.05, 0) is 12.1 Å². The highest BCUT2D eigenvalue weighted by Gasteiger charge is 2.11. The molecule has 6 heteroatoms. The van der Waals surface area contributed by atoms with Crippen LogP contribution in [-0.2, 0) is 4.74 Å². The third-order valence-electron chi connectivity index (χ3n) is 2.57. The Bertz CT molecular complexity index is 575. The number of ether oxygens (including phenoxy) is 1. The molecule has 102 valence electrons. The van der Waals surface area contributed by atoms with E-state index in [1.807, 2.05) is 24.3 Å². The van der Waals surface area contributed by atoms with Gasteiger partial charge in [0.1, 0.15) is 0 Å². The molecule has 0 atom stereocenters. The summed E-state index contributed by atoms with van der Waals surface area (Å²) in [4.78, 5) is 15.8. The summed E-state index contributed by atoms with van der Waals surface area (Å²) in [7, 11) is 1.34. The third-order valence-corrected chi connectivity index (χ3v) is 2.57. The molecule has 0 aliphatic carbocycles. The summed E-state index contributed by atoms with van der Waals surface area (Å²) in [6.07, 6.45) is 0. The third kappa shape index (κ3) is 3.33. The molecular formula is C13H16ClN3O2. The zero-order valence-electron chi connectivity index (χ0n) is 10.6. The molecule has 3 N–H and O–H groups in total. The van der Waals surface area contributed by atoms with Crippen LogP contribution in [0.2, 0.25) is 0 Å². The average Bonchev–Trinajstić information content (AvgIpc) is 2.43. The van der Waals surface area contributed by atoms with E-state index in [2.05, 4.69) is 10.3 Å². The van der Waals surface area contributed by atoms with Gasteiger partial charge in [0.05, 0.1) is 12.6 Å². The first kappa shape index (κ1) is 15.2. The second kappa shape index (κ2) is 6.92. The topological polar surface area (TPSA) is 77.2 Å². The van der Waals surface area contributed by atoms with Crippen LogP contribution in [0, 0.1) is 0 Å². The smallest absolute Gasteiger partial charge is 0.356 e. The molecule has 0 fully saturated rings. The Morgan fingerprint density at radius 3 is 2.84 bits per heavy atom. The van der Waals surface area contributed by atoms with Crippen molar-refractivity contribution in [2.45, 2.75) is 0 Å². The average molecular weight is 282 g/mol. The van der Waals surface area contributed by atoms with Crippen molar-refractivity contribution in [2.75, 3.05) is 25.5 Å². The summed E-state index contributed by atoms with van der Waals surface area (Å²) in [5.41, 5.74) is 7.35. The van der Waals surface area contributed by atoms with Gasteiger partial charge in [0.2, 0.25) is 0 Å². The van der Waals surface area contributed by atoms with E-state index >= 15 is 0 Å². The maximum absolute atomic E-state index is 11.5. The Morgan fingerprint density at radius 2 is 2.16 bits per heavy atom. The molecular weight excluding hydrogens is 266 g/mol. The lowest BCUT2D eigenvalue weighted by molar-refractivity contribution is 0.0594. The number of nitrogens with one attached hydrogen (secondary N) is 1. The van der Waals surface area contributed by atoms with Crippen LogP contribution in [0.15, 0.2) is 30.3 Å². The molecule has 0 unspecified atom stereocenters. The fourth-order valence-corrected chi connectivity index (χ4v) is 1.74. The predicted molar refractivity (Wildman–Crippen MR) is 77.9 cm³/mol. The molecule has 0 bridgehead atoms. The molecule has 0 spiro atoms. The van der Waals surface area contributed by atoms with Crippen LogP contribution in [0.25, 0.3) is 10.9 Å². The number of methoxy groups -OCH3 is 1. The number of aromatic nitrogens is 1. The van der Waals surface area contributed by atoms with Gasteiger partial charge < -0.3 is 15.8 Å². The van der Waals surface area contributed by atoms with E-state index in [0.717, 1.165) is 16.6 Å². The van der Waals surface area contributed by atoms with Gasteiger partial charge in [-0.1, -0.05) is 18.2 Å². The van der Waals surface area contributed by atoms with E-state index in [1.165, 1.54) is 7.11 Å². The number of fused-ring (bicyclic) bond motifs is 1. The normalized spacial score (nSPS) is 9.79. The molecule has 2 rings (SSSR count). The number of pyridine rings is 1. The quantitative estimate of drug-likeness (QED) is 0.836. The van der Waals surface area contributed by atoms with E-state index in [1.54, 1.807) is 6.07 Å². The molecule has 0 saturated carbocycles. The lowest BCUT2D eigenvalue weighted by atomic mass is 10.1. The van der Waals surface area contributed by atoms with Crippen molar-refractivity contribution in [1.82, 2.24) is 4.98 Å². The largest absolute Gasteiger partial charge is 0.464 e. The van der Waals surface area contributed by atoms with Gasteiger partial charge in [-0.25, -0.2) is 9.78 Å². The maximum Gasteiger partial charge on any atom is 0.356 e. The molecule has 5 nitrogen and oxygen atoms in total. The molecule has 0 aliphatic heterocycles. The Balaban J connectivity index is 0.00000180. The molecule has 1 aromatic heterocycles. The predicted octanol–water partition coefficient (Wildman–Crippen LogP) is 1.81. The number of rotatable bonds is 4. The number of carbonyl (C=O) groups is 1. The highest BCUT2D eigenvalue weighted by Crippen LogP contribution is 2.23. The number of nitrogens with zero attached hydrogens (tertiary/aromatic N) is 1. The lowest BCUT2D eigenvalue weighted by Gasteiger charge is -2.10. The number of halogens is 1. The van der Waals surface area contributed by atoms with Crippen molar-refractivity contribution in [1.29, 1.82) is 0 Å². The van der Waals surface area contributed by atoms with Crippen LogP contribution in [0.4, 0.5) is 5.69 Å². The Hall–Kier alpha value is -1.85. The second-order valence-electron chi connectivity index (χ2n) is 3.78. The van der Waals surface area contributed by atoms with Crippen molar-refractivity contribution in [2.24, 2.45) is 5.73 Å². The molecule has 0 aliphatic rings. The number of benzene rings is 1. The number of esters is 1. The van der Waals surface area contributed by atoms with Crippen LogP contribution >= 0.6 is 12.4 Å². The van der Waals surface area contributed by atoms with E-state index < -0.39 is 5.97 Å². The first-order chi connectivity index (χ1) is 8.76. The zero-order valence-corrected chi connectivity index (χ0v) is 11.4. The first-order valence-electron chi connectivity index (χ1n) is 5.68. The molecule has 1 heterocycles. The number of hydrogen-bond donors (Lipinski definition) is 2. The van der Waals surface area contributed by atoms with Crippen LogP contribution in [-0.4, -0.2) is 31.2 Å². The zero-order chi connectivity index (χ0) is 13.0. The van der Waals surface area contributed by atoms with Crippen molar-refractivity contribution in [3.8, 4) is 0 Å². The standard InChI is InChI=1S/C13H15N3O2.ClH/c1-18-13(17)12-8-11(15-7-6-14)9-4-2-3-5-10(9)16-12;/h2-5,8H,6-7,14H2,1H3,(H,15,16);1H. The van der Waals surface area contributed by atoms with E-state index in [4.69, 9.17) is 10.5 Å². The molecule has 1 aromatic carbocycles. The van der Waals surface area contributed by atoms with Crippen molar-refractivity contribution >= 4 is 35.0 Å². The van der Waals surface area contributed by atoms with E-state index in [-0.39, 0.29) is 18.1 Å². The molecule has 0 saturated heterocycles. The van der Waals surface area contributed by atoms with Crippen molar-refractivity contribution < 1.29 is 9.53 Å². The molecule has 2 aromatic rings. The number of carbonyl (C=O) groups excluding carboxylic acids is 1. The summed E-state index contributed by atoms with van der Waals surface area (Å²) in [5, 5.41) is 4.14. The summed E-state index contributed by atoms with van der Waals surface area (Å²) in [5.74, 6) is -0.448. The second-order valence-corrected chi connectivity index (χ2v) is 3.78. The minimum Gasteiger partial charge on any atom is -0.464 e. The fraction of sp³-hybridized carbons (Fsp3) is 0.231. The Labute approximate surface area is 117 Å². The summed E-state index contributed by atoms with van der Waals surface area (Å²) < 4.78 is 4.69. The minimum absolute atomic E-state index is 0. The van der Waals surface area contributed by atoms with Crippen LogP contribution in [0.5, 0.6) is 0 Å².